The van der Waals surface area contributed by atoms with Gasteiger partial charge in [0.1, 0.15) is 0 Å². The summed E-state index contributed by atoms with van der Waals surface area (Å²) >= 11 is 0. The average molecular weight is 359 g/mol. The second kappa shape index (κ2) is 6.44. The molecule has 1 saturated carbocycles. The minimum Gasteiger partial charge on any atom is -0.381 e. The molecule has 1 N–H and O–H groups in total. The molecule has 1 aliphatic rings. The smallest absolute Gasteiger partial charge is 0.381 e. The predicted molar refractivity (Wildman–Crippen MR) is 90.3 cm³/mol. The molecule has 2 aromatic carbocycles. The first-order chi connectivity index (χ1) is 12.5. The van der Waals surface area contributed by atoms with Gasteiger partial charge in [-0.1, -0.05) is 30.3 Å². The van der Waals surface area contributed by atoms with Crippen LogP contribution in [0.3, 0.4) is 0 Å². The summed E-state index contributed by atoms with van der Waals surface area (Å²) in [5.74, 6) is 0.673. The fourth-order valence-electron chi connectivity index (χ4n) is 2.87. The topological polar surface area (TPSA) is 55.6 Å². The van der Waals surface area contributed by atoms with E-state index in [-0.39, 0.29) is 12.1 Å². The number of nitrogens with one attached hydrogen (secondary N) is 1. The zero-order valence-corrected chi connectivity index (χ0v) is 13.7. The van der Waals surface area contributed by atoms with Crippen LogP contribution < -0.4 is 5.32 Å². The third-order valence-corrected chi connectivity index (χ3v) is 4.31. The summed E-state index contributed by atoms with van der Waals surface area (Å²) in [6, 6.07) is 13.3. The maximum Gasteiger partial charge on any atom is 0.416 e. The molecule has 26 heavy (non-hydrogen) atoms. The second-order valence-corrected chi connectivity index (χ2v) is 6.27. The number of halogens is 3. The molecule has 8 heteroatoms. The Balaban J connectivity index is 1.54. The Morgan fingerprint density at radius 3 is 2.65 bits per heavy atom. The molecule has 0 spiro atoms. The number of rotatable bonds is 5. The number of tetrazole rings is 1. The molecule has 0 bridgehead atoms. The number of aromatic nitrogens is 4. The molecule has 3 aromatic rings. The van der Waals surface area contributed by atoms with Crippen molar-refractivity contribution in [2.75, 3.05) is 5.32 Å². The SMILES string of the molecule is FC(F)(F)c1ccccc1CNc1cccc(-c2nnnn2C2CC2)c1. The number of anilines is 1. The van der Waals surface area contributed by atoms with E-state index in [1.165, 1.54) is 12.1 Å². The van der Waals surface area contributed by atoms with Gasteiger partial charge in [0.15, 0.2) is 5.82 Å². The maximum atomic E-state index is 13.1. The first kappa shape index (κ1) is 16.6. The van der Waals surface area contributed by atoms with Crippen LogP contribution in [0.25, 0.3) is 11.4 Å². The summed E-state index contributed by atoms with van der Waals surface area (Å²) < 4.78 is 41.1. The Bertz CT molecular complexity index is 915. The molecule has 1 heterocycles. The normalized spacial score (nSPS) is 14.4. The van der Waals surface area contributed by atoms with E-state index >= 15 is 0 Å². The van der Waals surface area contributed by atoms with Crippen LogP contribution in [-0.2, 0) is 12.7 Å². The van der Waals surface area contributed by atoms with Gasteiger partial charge in [-0.3, -0.25) is 0 Å². The van der Waals surface area contributed by atoms with Crippen molar-refractivity contribution in [3.8, 4) is 11.4 Å². The summed E-state index contributed by atoms with van der Waals surface area (Å²) in [4.78, 5) is 0. The lowest BCUT2D eigenvalue weighted by Crippen LogP contribution is -2.11. The Kier molecular flexibility index (Phi) is 4.10. The van der Waals surface area contributed by atoms with Gasteiger partial charge in [0.05, 0.1) is 11.6 Å². The highest BCUT2D eigenvalue weighted by Crippen LogP contribution is 2.37. The molecular formula is C18H16F3N5. The van der Waals surface area contributed by atoms with Crippen molar-refractivity contribution >= 4 is 5.69 Å². The Morgan fingerprint density at radius 1 is 1.08 bits per heavy atom. The molecule has 134 valence electrons. The molecular weight excluding hydrogens is 343 g/mol. The third-order valence-electron chi connectivity index (χ3n) is 4.31. The van der Waals surface area contributed by atoms with Crippen molar-refractivity contribution in [2.24, 2.45) is 0 Å². The molecule has 0 unspecified atom stereocenters. The largest absolute Gasteiger partial charge is 0.416 e. The monoisotopic (exact) mass is 359 g/mol. The number of benzene rings is 2. The van der Waals surface area contributed by atoms with Crippen molar-refractivity contribution in [3.05, 3.63) is 59.7 Å². The molecule has 0 atom stereocenters. The van der Waals surface area contributed by atoms with E-state index in [9.17, 15) is 13.2 Å². The summed E-state index contributed by atoms with van der Waals surface area (Å²) in [6.07, 6.45) is -2.25. The predicted octanol–water partition coefficient (Wildman–Crippen LogP) is 4.31. The second-order valence-electron chi connectivity index (χ2n) is 6.27. The fraction of sp³-hybridized carbons (Fsp3) is 0.278. The molecule has 5 nitrogen and oxygen atoms in total. The van der Waals surface area contributed by atoms with E-state index in [2.05, 4.69) is 20.8 Å². The maximum absolute atomic E-state index is 13.1. The van der Waals surface area contributed by atoms with Crippen LogP contribution in [0.2, 0.25) is 0 Å². The Hall–Kier alpha value is -2.90. The van der Waals surface area contributed by atoms with Crippen LogP contribution in [0.5, 0.6) is 0 Å². The molecule has 1 aliphatic carbocycles. The molecule has 4 rings (SSSR count). The van der Waals surface area contributed by atoms with Gasteiger partial charge in [0, 0.05) is 17.8 Å². The van der Waals surface area contributed by atoms with Gasteiger partial charge in [-0.25, -0.2) is 4.68 Å². The summed E-state index contributed by atoms with van der Waals surface area (Å²) in [7, 11) is 0. The van der Waals surface area contributed by atoms with Gasteiger partial charge in [-0.05, 0) is 47.0 Å². The van der Waals surface area contributed by atoms with E-state index in [1.54, 1.807) is 10.7 Å². The van der Waals surface area contributed by atoms with Gasteiger partial charge >= 0.3 is 6.18 Å². The fourth-order valence-corrected chi connectivity index (χ4v) is 2.87. The van der Waals surface area contributed by atoms with E-state index in [0.717, 1.165) is 24.5 Å². The lowest BCUT2D eigenvalue weighted by atomic mass is 10.1. The third kappa shape index (κ3) is 3.40. The van der Waals surface area contributed by atoms with Crippen LogP contribution in [0, 0.1) is 0 Å². The summed E-state index contributed by atoms with van der Waals surface area (Å²) in [5, 5.41) is 14.9. The number of alkyl halides is 3. The van der Waals surface area contributed by atoms with Gasteiger partial charge in [0.2, 0.25) is 0 Å². The zero-order valence-electron chi connectivity index (χ0n) is 13.7. The highest BCUT2D eigenvalue weighted by molar-refractivity contribution is 5.62. The highest BCUT2D eigenvalue weighted by Gasteiger charge is 2.32. The van der Waals surface area contributed by atoms with Crippen LogP contribution in [-0.4, -0.2) is 20.2 Å². The van der Waals surface area contributed by atoms with Gasteiger partial charge in [-0.2, -0.15) is 13.2 Å². The number of nitrogens with zero attached hydrogens (tertiary/aromatic N) is 4. The van der Waals surface area contributed by atoms with Crippen LogP contribution in [0.15, 0.2) is 48.5 Å². The highest BCUT2D eigenvalue weighted by atomic mass is 19.4. The molecule has 1 fully saturated rings. The van der Waals surface area contributed by atoms with E-state index < -0.39 is 11.7 Å². The van der Waals surface area contributed by atoms with Crippen LogP contribution >= 0.6 is 0 Å². The van der Waals surface area contributed by atoms with Crippen molar-refractivity contribution in [2.45, 2.75) is 31.6 Å². The van der Waals surface area contributed by atoms with Gasteiger partial charge in [0.25, 0.3) is 0 Å². The number of hydrogen-bond acceptors (Lipinski definition) is 4. The lowest BCUT2D eigenvalue weighted by molar-refractivity contribution is -0.138. The molecule has 0 radical (unpaired) electrons. The molecule has 0 amide bonds. The van der Waals surface area contributed by atoms with E-state index in [1.807, 2.05) is 24.3 Å². The first-order valence-corrected chi connectivity index (χ1v) is 8.29. The Labute approximate surface area is 147 Å². The molecule has 0 saturated heterocycles. The van der Waals surface area contributed by atoms with Crippen molar-refractivity contribution in [3.63, 3.8) is 0 Å². The number of hydrogen-bond donors (Lipinski definition) is 1. The van der Waals surface area contributed by atoms with E-state index in [0.29, 0.717) is 17.6 Å². The quantitative estimate of drug-likeness (QED) is 0.738. The Morgan fingerprint density at radius 2 is 1.88 bits per heavy atom. The van der Waals surface area contributed by atoms with Gasteiger partial charge < -0.3 is 5.32 Å². The summed E-state index contributed by atoms with van der Waals surface area (Å²) in [6.45, 7) is 0.0761. The van der Waals surface area contributed by atoms with Crippen molar-refractivity contribution in [1.82, 2.24) is 20.2 Å². The van der Waals surface area contributed by atoms with E-state index in [4.69, 9.17) is 0 Å². The zero-order chi connectivity index (χ0) is 18.1. The van der Waals surface area contributed by atoms with Crippen molar-refractivity contribution < 1.29 is 13.2 Å². The standard InChI is InChI=1S/C18H16F3N5/c19-18(20,21)16-7-2-1-4-13(16)11-22-14-6-3-5-12(10-14)17-23-24-25-26(17)15-8-9-15/h1-7,10,15,22H,8-9,11H2. The van der Waals surface area contributed by atoms with Crippen LogP contribution in [0.1, 0.15) is 30.0 Å². The average Bonchev–Trinajstić information content (AvgIpc) is 3.36. The van der Waals surface area contributed by atoms with Crippen LogP contribution in [0.4, 0.5) is 18.9 Å². The van der Waals surface area contributed by atoms with Crippen molar-refractivity contribution in [1.29, 1.82) is 0 Å². The molecule has 0 aliphatic heterocycles. The lowest BCUT2D eigenvalue weighted by Gasteiger charge is -2.14. The minimum absolute atomic E-state index is 0.0761. The first-order valence-electron chi connectivity index (χ1n) is 8.29. The molecule has 1 aromatic heterocycles. The minimum atomic E-state index is -4.37. The summed E-state index contributed by atoms with van der Waals surface area (Å²) in [5.41, 5.74) is 1.12. The van der Waals surface area contributed by atoms with Gasteiger partial charge in [-0.15, -0.1) is 5.10 Å².